The van der Waals surface area contributed by atoms with Crippen LogP contribution in [0.15, 0.2) is 53.0 Å². The lowest BCUT2D eigenvalue weighted by molar-refractivity contribution is 0.564. The predicted octanol–water partition coefficient (Wildman–Crippen LogP) is 4.44. The first kappa shape index (κ1) is 13.2. The van der Waals surface area contributed by atoms with Crippen LogP contribution in [0.2, 0.25) is 0 Å². The monoisotopic (exact) mass is 307 g/mol. The van der Waals surface area contributed by atoms with Crippen LogP contribution in [0.3, 0.4) is 0 Å². The molecule has 0 aromatic heterocycles. The summed E-state index contributed by atoms with van der Waals surface area (Å²) in [6.07, 6.45) is 0. The van der Waals surface area contributed by atoms with Crippen LogP contribution in [-0.2, 0) is 6.54 Å². The van der Waals surface area contributed by atoms with Crippen molar-refractivity contribution >= 4 is 15.9 Å². The number of halogens is 2. The van der Waals surface area contributed by atoms with Crippen molar-refractivity contribution in [3.63, 3.8) is 0 Å². The first-order chi connectivity index (χ1) is 8.66. The molecule has 1 atom stereocenters. The van der Waals surface area contributed by atoms with Crippen molar-refractivity contribution < 1.29 is 4.39 Å². The standard InChI is InChI=1S/C15H15BrFN/c1-11(12-6-4-7-14(17)9-12)18-10-13-5-2-3-8-15(13)16/h2-9,11,18H,10H2,1H3/t11-/m0/s1. The minimum atomic E-state index is -0.193. The Labute approximate surface area is 115 Å². The molecule has 2 rings (SSSR count). The Morgan fingerprint density at radius 3 is 2.67 bits per heavy atom. The molecule has 94 valence electrons. The third kappa shape index (κ3) is 3.40. The molecule has 0 unspecified atom stereocenters. The van der Waals surface area contributed by atoms with Gasteiger partial charge in [-0.25, -0.2) is 4.39 Å². The number of hydrogen-bond donors (Lipinski definition) is 1. The SMILES string of the molecule is C[C@H](NCc1ccccc1Br)c1cccc(F)c1. The van der Waals surface area contributed by atoms with Crippen LogP contribution in [0, 0.1) is 5.82 Å². The smallest absolute Gasteiger partial charge is 0.123 e. The van der Waals surface area contributed by atoms with E-state index in [0.29, 0.717) is 0 Å². The molecule has 2 aromatic rings. The molecule has 0 amide bonds. The summed E-state index contributed by atoms with van der Waals surface area (Å²) in [7, 11) is 0. The second kappa shape index (κ2) is 6.12. The Kier molecular flexibility index (Phi) is 4.50. The largest absolute Gasteiger partial charge is 0.306 e. The molecule has 18 heavy (non-hydrogen) atoms. The molecule has 0 radical (unpaired) electrons. The van der Waals surface area contributed by atoms with E-state index in [2.05, 4.69) is 27.3 Å². The van der Waals surface area contributed by atoms with Gasteiger partial charge >= 0.3 is 0 Å². The lowest BCUT2D eigenvalue weighted by Gasteiger charge is -2.15. The van der Waals surface area contributed by atoms with Gasteiger partial charge in [0.05, 0.1) is 0 Å². The Bertz CT molecular complexity index is 527. The zero-order valence-electron chi connectivity index (χ0n) is 10.2. The van der Waals surface area contributed by atoms with Crippen molar-refractivity contribution in [1.82, 2.24) is 5.32 Å². The molecule has 0 saturated carbocycles. The molecular weight excluding hydrogens is 293 g/mol. The van der Waals surface area contributed by atoms with Crippen molar-refractivity contribution in [3.05, 3.63) is 69.9 Å². The van der Waals surface area contributed by atoms with E-state index in [1.807, 2.05) is 31.2 Å². The number of nitrogens with one attached hydrogen (secondary N) is 1. The van der Waals surface area contributed by atoms with Crippen LogP contribution in [0.4, 0.5) is 4.39 Å². The van der Waals surface area contributed by atoms with E-state index in [1.54, 1.807) is 12.1 Å². The van der Waals surface area contributed by atoms with Gasteiger partial charge in [0.25, 0.3) is 0 Å². The van der Waals surface area contributed by atoms with E-state index in [9.17, 15) is 4.39 Å². The van der Waals surface area contributed by atoms with Gasteiger partial charge in [0.15, 0.2) is 0 Å². The van der Waals surface area contributed by atoms with E-state index < -0.39 is 0 Å². The van der Waals surface area contributed by atoms with Crippen LogP contribution in [0.5, 0.6) is 0 Å². The van der Waals surface area contributed by atoms with Gasteiger partial charge in [-0.1, -0.05) is 46.3 Å². The summed E-state index contributed by atoms with van der Waals surface area (Å²) in [5.41, 5.74) is 2.16. The second-order valence-electron chi connectivity index (χ2n) is 4.25. The zero-order valence-corrected chi connectivity index (χ0v) is 11.7. The highest BCUT2D eigenvalue weighted by Crippen LogP contribution is 2.18. The average molecular weight is 308 g/mol. The van der Waals surface area contributed by atoms with Crippen LogP contribution >= 0.6 is 15.9 Å². The van der Waals surface area contributed by atoms with Gasteiger partial charge in [0, 0.05) is 17.1 Å². The number of hydrogen-bond acceptors (Lipinski definition) is 1. The number of rotatable bonds is 4. The van der Waals surface area contributed by atoms with Gasteiger partial charge < -0.3 is 5.32 Å². The quantitative estimate of drug-likeness (QED) is 0.880. The molecule has 0 aliphatic heterocycles. The predicted molar refractivity (Wildman–Crippen MR) is 75.8 cm³/mol. The first-order valence-corrected chi connectivity index (χ1v) is 6.68. The maximum absolute atomic E-state index is 13.1. The van der Waals surface area contributed by atoms with Crippen molar-refractivity contribution in [1.29, 1.82) is 0 Å². The molecule has 3 heteroatoms. The van der Waals surface area contributed by atoms with E-state index in [4.69, 9.17) is 0 Å². The Morgan fingerprint density at radius 2 is 1.94 bits per heavy atom. The van der Waals surface area contributed by atoms with Crippen LogP contribution in [-0.4, -0.2) is 0 Å². The highest BCUT2D eigenvalue weighted by Gasteiger charge is 2.06. The summed E-state index contributed by atoms with van der Waals surface area (Å²) in [6.45, 7) is 2.78. The molecular formula is C15H15BrFN. The van der Waals surface area contributed by atoms with Gasteiger partial charge in [-0.2, -0.15) is 0 Å². The summed E-state index contributed by atoms with van der Waals surface area (Å²) >= 11 is 3.51. The molecule has 2 aromatic carbocycles. The Hall–Kier alpha value is -1.19. The number of benzene rings is 2. The van der Waals surface area contributed by atoms with Gasteiger partial charge in [0.1, 0.15) is 5.82 Å². The van der Waals surface area contributed by atoms with Crippen LogP contribution < -0.4 is 5.32 Å². The van der Waals surface area contributed by atoms with Gasteiger partial charge in [-0.3, -0.25) is 0 Å². The molecule has 1 nitrogen and oxygen atoms in total. The maximum Gasteiger partial charge on any atom is 0.123 e. The summed E-state index contributed by atoms with van der Waals surface area (Å²) in [5.74, 6) is -0.193. The van der Waals surface area contributed by atoms with Crippen molar-refractivity contribution in [2.24, 2.45) is 0 Å². The van der Waals surface area contributed by atoms with Crippen molar-refractivity contribution in [2.45, 2.75) is 19.5 Å². The summed E-state index contributed by atoms with van der Waals surface area (Å²) in [4.78, 5) is 0. The third-order valence-corrected chi connectivity index (χ3v) is 3.68. The van der Waals surface area contributed by atoms with E-state index in [-0.39, 0.29) is 11.9 Å². The zero-order chi connectivity index (χ0) is 13.0. The molecule has 0 aliphatic carbocycles. The molecule has 0 aliphatic rings. The first-order valence-electron chi connectivity index (χ1n) is 5.89. The van der Waals surface area contributed by atoms with Crippen molar-refractivity contribution in [2.75, 3.05) is 0 Å². The summed E-state index contributed by atoms with van der Waals surface area (Å²) in [6, 6.07) is 14.9. The summed E-state index contributed by atoms with van der Waals surface area (Å²) < 4.78 is 14.2. The fourth-order valence-electron chi connectivity index (χ4n) is 1.80. The lowest BCUT2D eigenvalue weighted by atomic mass is 10.1. The van der Waals surface area contributed by atoms with E-state index in [0.717, 1.165) is 16.6 Å². The van der Waals surface area contributed by atoms with Gasteiger partial charge in [-0.15, -0.1) is 0 Å². The molecule has 0 heterocycles. The van der Waals surface area contributed by atoms with Gasteiger partial charge in [0.2, 0.25) is 0 Å². The topological polar surface area (TPSA) is 12.0 Å². The van der Waals surface area contributed by atoms with Crippen molar-refractivity contribution in [3.8, 4) is 0 Å². The Balaban J connectivity index is 2.00. The Morgan fingerprint density at radius 1 is 1.17 bits per heavy atom. The molecule has 1 N–H and O–H groups in total. The van der Waals surface area contributed by atoms with Gasteiger partial charge in [-0.05, 0) is 36.2 Å². The summed E-state index contributed by atoms with van der Waals surface area (Å²) in [5, 5.41) is 3.39. The molecule has 0 spiro atoms. The highest BCUT2D eigenvalue weighted by atomic mass is 79.9. The molecule has 0 fully saturated rings. The minimum Gasteiger partial charge on any atom is -0.306 e. The fraction of sp³-hybridized carbons (Fsp3) is 0.200. The lowest BCUT2D eigenvalue weighted by Crippen LogP contribution is -2.18. The average Bonchev–Trinajstić information content (AvgIpc) is 2.37. The van der Waals surface area contributed by atoms with E-state index in [1.165, 1.54) is 11.6 Å². The third-order valence-electron chi connectivity index (χ3n) is 2.91. The fourth-order valence-corrected chi connectivity index (χ4v) is 2.22. The normalized spacial score (nSPS) is 12.4. The molecule has 0 bridgehead atoms. The van der Waals surface area contributed by atoms with Crippen LogP contribution in [0.1, 0.15) is 24.1 Å². The minimum absolute atomic E-state index is 0.118. The molecule has 0 saturated heterocycles. The van der Waals surface area contributed by atoms with Crippen LogP contribution in [0.25, 0.3) is 0 Å². The van der Waals surface area contributed by atoms with E-state index >= 15 is 0 Å². The maximum atomic E-state index is 13.1. The highest BCUT2D eigenvalue weighted by molar-refractivity contribution is 9.10. The second-order valence-corrected chi connectivity index (χ2v) is 5.10.